The smallest absolute Gasteiger partial charge is 0.318 e. The first-order valence-electron chi connectivity index (χ1n) is 7.80. The third-order valence-electron chi connectivity index (χ3n) is 3.80. The zero-order chi connectivity index (χ0) is 17.7. The fraction of sp³-hybridized carbons (Fsp3) is 0.353. The highest BCUT2D eigenvalue weighted by Crippen LogP contribution is 2.25. The first-order valence-corrected chi connectivity index (χ1v) is 7.80. The van der Waals surface area contributed by atoms with Crippen LogP contribution < -0.4 is 16.0 Å². The lowest BCUT2D eigenvalue weighted by Gasteiger charge is -2.13. The molecule has 0 aliphatic rings. The zero-order valence-corrected chi connectivity index (χ0v) is 14.4. The van der Waals surface area contributed by atoms with Crippen molar-refractivity contribution in [2.45, 2.75) is 33.1 Å². The van der Waals surface area contributed by atoms with Crippen LogP contribution in [0.25, 0.3) is 0 Å². The summed E-state index contributed by atoms with van der Waals surface area (Å²) in [7, 11) is 1.54. The molecule has 0 saturated heterocycles. The van der Waals surface area contributed by atoms with Gasteiger partial charge in [-0.15, -0.1) is 0 Å². The first kappa shape index (κ1) is 17.5. The van der Waals surface area contributed by atoms with Crippen LogP contribution in [0.15, 0.2) is 24.3 Å². The highest BCUT2D eigenvalue weighted by molar-refractivity contribution is 5.93. The van der Waals surface area contributed by atoms with Crippen LogP contribution >= 0.6 is 0 Å². The molecule has 0 fully saturated rings. The molecule has 1 aromatic heterocycles. The van der Waals surface area contributed by atoms with Gasteiger partial charge in [-0.05, 0) is 43.5 Å². The van der Waals surface area contributed by atoms with Crippen molar-refractivity contribution in [3.63, 3.8) is 0 Å². The topological polar surface area (TPSA) is 98.9 Å². The van der Waals surface area contributed by atoms with Crippen LogP contribution in [0.2, 0.25) is 0 Å². The van der Waals surface area contributed by atoms with Gasteiger partial charge in [0.05, 0.1) is 5.69 Å². The second kappa shape index (κ2) is 7.63. The van der Waals surface area contributed by atoms with Crippen molar-refractivity contribution < 1.29 is 9.59 Å². The maximum absolute atomic E-state index is 12.3. The van der Waals surface area contributed by atoms with E-state index < -0.39 is 0 Å². The number of H-pyrrole nitrogens is 1. The number of aromatic nitrogens is 2. The quantitative estimate of drug-likeness (QED) is 0.678. The van der Waals surface area contributed by atoms with E-state index in [1.165, 1.54) is 0 Å². The second-order valence-corrected chi connectivity index (χ2v) is 5.79. The Morgan fingerprint density at radius 3 is 2.46 bits per heavy atom. The minimum absolute atomic E-state index is 0.0657. The molecule has 0 radical (unpaired) electrons. The number of amides is 3. The fourth-order valence-corrected chi connectivity index (χ4v) is 2.75. The van der Waals surface area contributed by atoms with Crippen LogP contribution in [0, 0.1) is 13.8 Å². The number of carbonyl (C=O) groups excluding carboxylic acids is 2. The van der Waals surface area contributed by atoms with Crippen LogP contribution in [0.5, 0.6) is 0 Å². The summed E-state index contributed by atoms with van der Waals surface area (Å²) in [5.74, 6) is -0.0180. The molecule has 3 amide bonds. The molecule has 0 saturated carbocycles. The number of benzene rings is 1. The Labute approximate surface area is 141 Å². The molecule has 128 valence electrons. The van der Waals surface area contributed by atoms with Gasteiger partial charge in [0.1, 0.15) is 0 Å². The normalized spacial score (nSPS) is 11.7. The minimum atomic E-state index is -0.307. The lowest BCUT2D eigenvalue weighted by molar-refractivity contribution is -0.116. The van der Waals surface area contributed by atoms with Gasteiger partial charge in [-0.25, -0.2) is 4.79 Å². The van der Waals surface area contributed by atoms with E-state index in [1.54, 1.807) is 31.3 Å². The zero-order valence-electron chi connectivity index (χ0n) is 14.4. The van der Waals surface area contributed by atoms with Crippen molar-refractivity contribution in [1.82, 2.24) is 15.5 Å². The van der Waals surface area contributed by atoms with E-state index in [1.807, 2.05) is 20.8 Å². The lowest BCUT2D eigenvalue weighted by atomic mass is 9.95. The third-order valence-corrected chi connectivity index (χ3v) is 3.80. The van der Waals surface area contributed by atoms with Gasteiger partial charge in [0.2, 0.25) is 5.91 Å². The number of nitrogens with one attached hydrogen (secondary N) is 4. The highest BCUT2D eigenvalue weighted by Gasteiger charge is 2.17. The van der Waals surface area contributed by atoms with Gasteiger partial charge in [0, 0.05) is 30.5 Å². The Morgan fingerprint density at radius 2 is 1.88 bits per heavy atom. The van der Waals surface area contributed by atoms with Crippen LogP contribution in [0.3, 0.4) is 0 Å². The van der Waals surface area contributed by atoms with E-state index in [0.717, 1.165) is 17.0 Å². The second-order valence-electron chi connectivity index (χ2n) is 5.79. The molecule has 24 heavy (non-hydrogen) atoms. The summed E-state index contributed by atoms with van der Waals surface area (Å²) in [6, 6.07) is 6.72. The van der Waals surface area contributed by atoms with Gasteiger partial charge in [0.15, 0.2) is 0 Å². The molecule has 2 aromatic rings. The molecule has 1 unspecified atom stereocenters. The summed E-state index contributed by atoms with van der Waals surface area (Å²) >= 11 is 0. The number of urea groups is 1. The number of rotatable bonds is 5. The molecule has 0 aliphatic carbocycles. The number of aromatic amines is 1. The molecule has 0 bridgehead atoms. The summed E-state index contributed by atoms with van der Waals surface area (Å²) in [5, 5.41) is 15.1. The number of anilines is 2. The van der Waals surface area contributed by atoms with Gasteiger partial charge in [-0.1, -0.05) is 13.0 Å². The van der Waals surface area contributed by atoms with E-state index in [0.29, 0.717) is 17.8 Å². The number of aryl methyl sites for hydroxylation is 2. The summed E-state index contributed by atoms with van der Waals surface area (Å²) in [5.41, 5.74) is 4.25. The number of hydrogen-bond acceptors (Lipinski definition) is 3. The van der Waals surface area contributed by atoms with Crippen LogP contribution in [0.1, 0.15) is 36.2 Å². The lowest BCUT2D eigenvalue weighted by Crippen LogP contribution is -2.24. The monoisotopic (exact) mass is 329 g/mol. The summed E-state index contributed by atoms with van der Waals surface area (Å²) in [4.78, 5) is 23.6. The van der Waals surface area contributed by atoms with Crippen LogP contribution in [-0.2, 0) is 4.79 Å². The van der Waals surface area contributed by atoms with Gasteiger partial charge in [-0.2, -0.15) is 5.10 Å². The van der Waals surface area contributed by atoms with Crippen molar-refractivity contribution in [2.75, 3.05) is 17.7 Å². The molecular formula is C17H23N5O2. The number of nitrogens with zero attached hydrogens (tertiary/aromatic N) is 1. The summed E-state index contributed by atoms with van der Waals surface area (Å²) < 4.78 is 0. The van der Waals surface area contributed by atoms with Crippen molar-refractivity contribution in [3.8, 4) is 0 Å². The largest absolute Gasteiger partial charge is 0.341 e. The Bertz CT molecular complexity index is 719. The standard InChI is InChI=1S/C17H23N5O2/c1-10(16-11(2)21-22-12(16)3)8-15(23)19-13-6-5-7-14(9-13)20-17(24)18-4/h5-7,9-10H,8H2,1-4H3,(H,19,23)(H,21,22)(H2,18,20,24). The molecular weight excluding hydrogens is 306 g/mol. The highest BCUT2D eigenvalue weighted by atomic mass is 16.2. The molecule has 7 nitrogen and oxygen atoms in total. The minimum Gasteiger partial charge on any atom is -0.341 e. The van der Waals surface area contributed by atoms with Crippen molar-refractivity contribution in [2.24, 2.45) is 0 Å². The van der Waals surface area contributed by atoms with Gasteiger partial charge >= 0.3 is 6.03 Å². The number of hydrogen-bond donors (Lipinski definition) is 4. The Morgan fingerprint density at radius 1 is 1.21 bits per heavy atom. The Balaban J connectivity index is 1.99. The molecule has 0 aliphatic heterocycles. The van der Waals surface area contributed by atoms with E-state index in [-0.39, 0.29) is 17.9 Å². The van der Waals surface area contributed by atoms with Crippen molar-refractivity contribution in [1.29, 1.82) is 0 Å². The Hall–Kier alpha value is -2.83. The van der Waals surface area contributed by atoms with Crippen LogP contribution in [0.4, 0.5) is 16.2 Å². The van der Waals surface area contributed by atoms with Crippen molar-refractivity contribution >= 4 is 23.3 Å². The fourth-order valence-electron chi connectivity index (χ4n) is 2.75. The maximum Gasteiger partial charge on any atom is 0.318 e. The van der Waals surface area contributed by atoms with E-state index in [4.69, 9.17) is 0 Å². The predicted octanol–water partition coefficient (Wildman–Crippen LogP) is 2.91. The molecule has 1 aromatic carbocycles. The Kier molecular flexibility index (Phi) is 5.57. The van der Waals surface area contributed by atoms with E-state index >= 15 is 0 Å². The summed E-state index contributed by atoms with van der Waals surface area (Å²) in [6.45, 7) is 5.90. The van der Waals surface area contributed by atoms with Gasteiger partial charge in [0.25, 0.3) is 0 Å². The molecule has 4 N–H and O–H groups in total. The molecule has 7 heteroatoms. The van der Waals surface area contributed by atoms with Gasteiger partial charge in [-0.3, -0.25) is 9.89 Å². The molecule has 2 rings (SSSR count). The molecule has 1 heterocycles. The van der Waals surface area contributed by atoms with Crippen LogP contribution in [-0.4, -0.2) is 29.2 Å². The van der Waals surface area contributed by atoms with E-state index in [2.05, 4.69) is 26.1 Å². The predicted molar refractivity (Wildman–Crippen MR) is 94.2 cm³/mol. The van der Waals surface area contributed by atoms with E-state index in [9.17, 15) is 9.59 Å². The SMILES string of the molecule is CNC(=O)Nc1cccc(NC(=O)CC(C)c2c(C)n[nH]c2C)c1. The average Bonchev–Trinajstić information content (AvgIpc) is 2.86. The molecule has 1 atom stereocenters. The van der Waals surface area contributed by atoms with Crippen molar-refractivity contribution in [3.05, 3.63) is 41.2 Å². The van der Waals surface area contributed by atoms with Gasteiger partial charge < -0.3 is 16.0 Å². The molecule has 0 spiro atoms. The average molecular weight is 329 g/mol. The number of carbonyl (C=O) groups is 2. The third kappa shape index (κ3) is 4.34. The first-order chi connectivity index (χ1) is 11.4. The summed E-state index contributed by atoms with van der Waals surface area (Å²) in [6.07, 6.45) is 0.355. The maximum atomic E-state index is 12.3.